The molecular formula is C78H152N6O6. The molecule has 4 saturated heterocycles. The minimum atomic E-state index is -0.240. The maximum Gasteiger partial charge on any atom is 0.223 e. The molecule has 0 atom stereocenters. The fourth-order valence-electron chi connectivity index (χ4n) is 18.1. The van der Waals surface area contributed by atoms with Crippen LogP contribution < -0.4 is 0 Å². The molecule has 0 aromatic rings. The van der Waals surface area contributed by atoms with Crippen molar-refractivity contribution in [1.29, 1.82) is 0 Å². The Bertz CT molecular complexity index is 1660. The number of amides is 2. The zero-order valence-corrected chi connectivity index (χ0v) is 63.6. The molecule has 12 nitrogen and oxygen atoms in total. The van der Waals surface area contributed by atoms with Crippen LogP contribution in [0, 0.1) is 0 Å². The highest BCUT2D eigenvalue weighted by Crippen LogP contribution is 2.48. The molecule has 12 heteroatoms. The smallest absolute Gasteiger partial charge is 0.223 e. The summed E-state index contributed by atoms with van der Waals surface area (Å²) in [6, 6.07) is 0.450. The van der Waals surface area contributed by atoms with Crippen LogP contribution in [0.1, 0.15) is 395 Å². The van der Waals surface area contributed by atoms with Crippen molar-refractivity contribution in [2.75, 3.05) is 26.4 Å². The summed E-state index contributed by atoms with van der Waals surface area (Å²) < 4.78 is 0. The number of unbranched alkanes of at least 4 members (excludes halogenated alkanes) is 25. The Kier molecular flexibility index (Phi) is 34.7. The summed E-state index contributed by atoms with van der Waals surface area (Å²) in [5.74, 6) is 0.639. The van der Waals surface area contributed by atoms with Gasteiger partial charge in [-0.25, -0.2) is 0 Å². The van der Waals surface area contributed by atoms with Gasteiger partial charge in [0.2, 0.25) is 11.8 Å². The predicted molar refractivity (Wildman–Crippen MR) is 380 cm³/mol. The molecular weight excluding hydrogens is 1120 g/mol. The van der Waals surface area contributed by atoms with Crippen LogP contribution in [0.5, 0.6) is 0 Å². The molecule has 0 saturated carbocycles. The number of hydrogen-bond acceptors (Lipinski definition) is 10. The highest BCUT2D eigenvalue weighted by Gasteiger charge is 2.56. The summed E-state index contributed by atoms with van der Waals surface area (Å²) in [6.45, 7) is 49.7. The lowest BCUT2D eigenvalue weighted by Crippen LogP contribution is -2.69. The van der Waals surface area contributed by atoms with E-state index in [-0.39, 0.29) is 68.5 Å². The topological polar surface area (TPSA) is 90.5 Å². The second kappa shape index (κ2) is 38.5. The molecule has 4 fully saturated rings. The lowest BCUT2D eigenvalue weighted by atomic mass is 9.74. The zero-order valence-electron chi connectivity index (χ0n) is 63.6. The van der Waals surface area contributed by atoms with Crippen molar-refractivity contribution in [2.45, 2.75) is 464 Å². The molecule has 0 aromatic heterocycles. The number of hydroxylamine groups is 8. The van der Waals surface area contributed by atoms with E-state index in [1.54, 1.807) is 0 Å². The van der Waals surface area contributed by atoms with E-state index >= 15 is 9.59 Å². The maximum atomic E-state index is 15.3. The average Bonchev–Trinajstić information content (AvgIpc) is 0.791. The van der Waals surface area contributed by atoms with Gasteiger partial charge in [-0.2, -0.15) is 20.3 Å². The first-order chi connectivity index (χ1) is 42.3. The summed E-state index contributed by atoms with van der Waals surface area (Å²) in [6.07, 6.45) is 44.1. The monoisotopic (exact) mass is 1270 g/mol. The van der Waals surface area contributed by atoms with Gasteiger partial charge in [0, 0.05) is 81.3 Å². The van der Waals surface area contributed by atoms with Gasteiger partial charge in [0.25, 0.3) is 0 Å². The minimum absolute atomic E-state index is 0.113. The molecule has 0 aliphatic carbocycles. The molecule has 0 aromatic carbocycles. The Morgan fingerprint density at radius 2 is 0.422 bits per heavy atom. The Morgan fingerprint density at radius 1 is 0.267 bits per heavy atom. The molecule has 0 N–H and O–H groups in total. The summed E-state index contributed by atoms with van der Waals surface area (Å²) in [7, 11) is 0. The molecule has 0 bridgehead atoms. The van der Waals surface area contributed by atoms with Crippen LogP contribution in [0.4, 0.5) is 0 Å². The second-order valence-electron chi connectivity index (χ2n) is 34.6. The van der Waals surface area contributed by atoms with E-state index in [9.17, 15) is 0 Å². The third kappa shape index (κ3) is 25.6. The van der Waals surface area contributed by atoms with Crippen molar-refractivity contribution in [3.63, 3.8) is 0 Å². The Morgan fingerprint density at radius 3 is 0.600 bits per heavy atom. The van der Waals surface area contributed by atoms with Crippen molar-refractivity contribution in [3.8, 4) is 0 Å². The van der Waals surface area contributed by atoms with Crippen LogP contribution in [-0.4, -0.2) is 137 Å². The highest BCUT2D eigenvalue weighted by atomic mass is 16.7. The molecule has 530 valence electrons. The number of piperidine rings is 4. The fourth-order valence-corrected chi connectivity index (χ4v) is 18.1. The highest BCUT2D eigenvalue weighted by molar-refractivity contribution is 5.77. The van der Waals surface area contributed by atoms with Crippen LogP contribution in [0.15, 0.2) is 0 Å². The number of carbonyl (C=O) groups is 2. The van der Waals surface area contributed by atoms with Gasteiger partial charge in [-0.15, -0.1) is 0 Å². The number of nitrogens with zero attached hydrogens (tertiary/aromatic N) is 6. The third-order valence-corrected chi connectivity index (χ3v) is 21.3. The molecule has 4 heterocycles. The molecule has 0 spiro atoms. The number of hydrogen-bond donors (Lipinski definition) is 0. The van der Waals surface area contributed by atoms with Crippen molar-refractivity contribution < 1.29 is 28.9 Å². The third-order valence-electron chi connectivity index (χ3n) is 21.3. The van der Waals surface area contributed by atoms with Crippen LogP contribution in [0.25, 0.3) is 0 Å². The van der Waals surface area contributed by atoms with Crippen LogP contribution in [0.2, 0.25) is 0 Å². The van der Waals surface area contributed by atoms with Gasteiger partial charge in [-0.05, 0) is 201 Å². The van der Waals surface area contributed by atoms with Gasteiger partial charge in [0.05, 0.1) is 26.4 Å². The van der Waals surface area contributed by atoms with Crippen molar-refractivity contribution >= 4 is 11.8 Å². The maximum absolute atomic E-state index is 15.3. The van der Waals surface area contributed by atoms with Crippen LogP contribution in [-0.2, 0) is 28.9 Å². The Balaban J connectivity index is 1.45. The largest absolute Gasteiger partial charge is 0.336 e. The lowest BCUT2D eigenvalue weighted by Gasteiger charge is -2.60. The summed E-state index contributed by atoms with van der Waals surface area (Å²) >= 11 is 0. The number of rotatable bonds is 45. The van der Waals surface area contributed by atoms with E-state index < -0.39 is 0 Å². The SMILES string of the molecule is CCCCCCCCON1C(C)(C)CC(N(C(=O)CCCCCCCCC(=O)N(C2CC(C)(C)N(OCCCCCCCC)C(C)(C)C2)C2CC(C)(C)N(OCCCCCCCC)C(C)(C)C2)C2CC(C)(C)N(OCCCCCCCC)C(C)(C)C2)CC1(C)C. The van der Waals surface area contributed by atoms with Gasteiger partial charge in [-0.3, -0.25) is 28.9 Å². The van der Waals surface area contributed by atoms with Gasteiger partial charge >= 0.3 is 0 Å². The molecule has 4 aliphatic rings. The first-order valence-electron chi connectivity index (χ1n) is 38.7. The standard InChI is InChI=1S/C78H152N6O6/c1-21-25-29-33-41-47-53-87-81-71(5,6)57-65(58-72(81,7)8)79(66-59-73(9,10)82(74(11,12)60-66)88-54-48-42-34-30-26-22-2)69(85)51-45-39-37-38-40-46-52-70(86)80(67-61-75(13,14)83(76(15,16)62-67)89-55-49-43-35-31-27-23-3)68-63-77(17,18)84(78(19,20)64-68)90-56-50-44-36-32-28-24-4/h65-68H,21-64H2,1-20H3. The molecule has 0 unspecified atom stereocenters. The van der Waals surface area contributed by atoms with E-state index in [1.807, 2.05) is 0 Å². The van der Waals surface area contributed by atoms with Gasteiger partial charge in [-0.1, -0.05) is 182 Å². The summed E-state index contributed by atoms with van der Waals surface area (Å²) in [5.41, 5.74) is -1.92. The van der Waals surface area contributed by atoms with Gasteiger partial charge in [0.15, 0.2) is 0 Å². The summed E-state index contributed by atoms with van der Waals surface area (Å²) in [4.78, 5) is 62.5. The van der Waals surface area contributed by atoms with Gasteiger partial charge in [0.1, 0.15) is 0 Å². The van der Waals surface area contributed by atoms with Crippen LogP contribution >= 0.6 is 0 Å². The van der Waals surface area contributed by atoms with Crippen molar-refractivity contribution in [2.24, 2.45) is 0 Å². The van der Waals surface area contributed by atoms with E-state index in [0.29, 0.717) is 24.7 Å². The minimum Gasteiger partial charge on any atom is -0.336 e. The lowest BCUT2D eigenvalue weighted by molar-refractivity contribution is -0.298. The predicted octanol–water partition coefficient (Wildman–Crippen LogP) is 21.0. The van der Waals surface area contributed by atoms with E-state index in [4.69, 9.17) is 19.4 Å². The Hall–Kier alpha value is -1.38. The molecule has 2 amide bonds. The summed E-state index contributed by atoms with van der Waals surface area (Å²) in [5, 5.41) is 9.28. The molecule has 4 rings (SSSR count). The van der Waals surface area contributed by atoms with E-state index in [0.717, 1.165) is 142 Å². The number of carbonyl (C=O) groups excluding carboxylic acids is 2. The molecule has 90 heavy (non-hydrogen) atoms. The normalized spacial score (nSPS) is 22.3. The zero-order chi connectivity index (χ0) is 66.9. The van der Waals surface area contributed by atoms with Crippen molar-refractivity contribution in [3.05, 3.63) is 0 Å². The average molecular weight is 1270 g/mol. The molecule has 4 aliphatic heterocycles. The Labute approximate surface area is 558 Å². The first-order valence-corrected chi connectivity index (χ1v) is 38.7. The van der Waals surface area contributed by atoms with E-state index in [1.165, 1.54) is 128 Å². The fraction of sp³-hybridized carbons (Fsp3) is 0.974. The van der Waals surface area contributed by atoms with Crippen molar-refractivity contribution in [1.82, 2.24) is 30.1 Å². The van der Waals surface area contributed by atoms with E-state index in [2.05, 4.69) is 169 Å². The van der Waals surface area contributed by atoms with Crippen LogP contribution in [0.3, 0.4) is 0 Å². The first kappa shape index (κ1) is 81.1. The second-order valence-corrected chi connectivity index (χ2v) is 34.6. The van der Waals surface area contributed by atoms with Gasteiger partial charge < -0.3 is 9.80 Å². The quantitative estimate of drug-likeness (QED) is 0.0549. The molecule has 0 radical (unpaired) electrons.